The van der Waals surface area contributed by atoms with E-state index in [1.807, 2.05) is 0 Å². The maximum Gasteiger partial charge on any atom is 0.258 e. The molecule has 0 aliphatic carbocycles. The molecule has 4 aromatic rings. The van der Waals surface area contributed by atoms with Gasteiger partial charge in [0.05, 0.1) is 23.2 Å². The molecule has 2 N–H and O–H groups in total. The summed E-state index contributed by atoms with van der Waals surface area (Å²) in [4.78, 5) is 29.7. The topological polar surface area (TPSA) is 93.5 Å². The van der Waals surface area contributed by atoms with Crippen molar-refractivity contribution in [2.75, 3.05) is 7.11 Å². The first-order chi connectivity index (χ1) is 16.3. The number of aryl methyl sites for hydroxylation is 1. The van der Waals surface area contributed by atoms with Crippen molar-refractivity contribution in [2.24, 2.45) is 7.05 Å². The number of halogens is 2. The Balaban J connectivity index is 1.64. The molecular weight excluding hydrogens is 461 g/mol. The fourth-order valence-corrected chi connectivity index (χ4v) is 3.87. The van der Waals surface area contributed by atoms with Gasteiger partial charge >= 0.3 is 0 Å². The second-order valence-electron chi connectivity index (χ2n) is 7.74. The molecule has 9 heteroatoms. The minimum Gasteiger partial charge on any atom is -0.507 e. The number of rotatable bonds is 6. The van der Waals surface area contributed by atoms with Gasteiger partial charge in [0.15, 0.2) is 0 Å². The van der Waals surface area contributed by atoms with E-state index in [9.17, 15) is 19.1 Å². The lowest BCUT2D eigenvalue weighted by Crippen LogP contribution is -2.24. The summed E-state index contributed by atoms with van der Waals surface area (Å²) >= 11 is 5.86. The molecule has 0 radical (unpaired) electrons. The number of fused-ring (bicyclic) bond motifs is 1. The van der Waals surface area contributed by atoms with Gasteiger partial charge in [-0.1, -0.05) is 23.7 Å². The highest BCUT2D eigenvalue weighted by molar-refractivity contribution is 6.30. The molecule has 0 unspecified atom stereocenters. The summed E-state index contributed by atoms with van der Waals surface area (Å²) in [6, 6.07) is 12.4. The van der Waals surface area contributed by atoms with Crippen molar-refractivity contribution in [3.63, 3.8) is 0 Å². The van der Waals surface area contributed by atoms with Crippen LogP contribution in [0.5, 0.6) is 11.6 Å². The number of benzene rings is 2. The molecule has 0 fully saturated rings. The van der Waals surface area contributed by atoms with Crippen LogP contribution in [0, 0.1) is 5.82 Å². The third-order valence-corrected chi connectivity index (χ3v) is 5.84. The van der Waals surface area contributed by atoms with E-state index < -0.39 is 11.4 Å². The van der Waals surface area contributed by atoms with Gasteiger partial charge in [-0.15, -0.1) is 0 Å². The summed E-state index contributed by atoms with van der Waals surface area (Å²) in [5, 5.41) is 14.0. The Morgan fingerprint density at radius 2 is 1.94 bits per heavy atom. The zero-order valence-electron chi connectivity index (χ0n) is 18.4. The smallest absolute Gasteiger partial charge is 0.258 e. The maximum atomic E-state index is 13.5. The van der Waals surface area contributed by atoms with Crippen LogP contribution in [0.1, 0.15) is 27.0 Å². The van der Waals surface area contributed by atoms with Crippen molar-refractivity contribution in [1.29, 1.82) is 0 Å². The molecular formula is C25H21ClFN3O4. The molecule has 0 atom stereocenters. The second-order valence-corrected chi connectivity index (χ2v) is 8.15. The quantitative estimate of drug-likeness (QED) is 0.435. The molecule has 34 heavy (non-hydrogen) atoms. The molecule has 7 nitrogen and oxygen atoms in total. The number of hydrogen-bond donors (Lipinski definition) is 2. The molecule has 1 amide bonds. The Labute approximate surface area is 199 Å². The minimum atomic E-state index is -0.567. The molecule has 174 valence electrons. The van der Waals surface area contributed by atoms with Gasteiger partial charge in [0, 0.05) is 43.2 Å². The Bertz CT molecular complexity index is 1450. The molecule has 0 saturated heterocycles. The number of nitrogens with one attached hydrogen (secondary N) is 1. The van der Waals surface area contributed by atoms with Crippen molar-refractivity contribution < 1.29 is 19.0 Å². The van der Waals surface area contributed by atoms with E-state index in [0.717, 1.165) is 5.56 Å². The van der Waals surface area contributed by atoms with Gasteiger partial charge in [0.25, 0.3) is 11.5 Å². The third kappa shape index (κ3) is 4.58. The summed E-state index contributed by atoms with van der Waals surface area (Å²) in [6.07, 6.45) is 1.66. The number of nitrogens with zero attached hydrogens (tertiary/aromatic N) is 2. The summed E-state index contributed by atoms with van der Waals surface area (Å²) in [5.41, 5.74) is 1.88. The zero-order valence-corrected chi connectivity index (χ0v) is 19.2. The van der Waals surface area contributed by atoms with Crippen LogP contribution in [0.15, 0.2) is 59.5 Å². The van der Waals surface area contributed by atoms with Gasteiger partial charge in [-0.05, 0) is 41.5 Å². The van der Waals surface area contributed by atoms with Crippen LogP contribution in [0.2, 0.25) is 5.02 Å². The van der Waals surface area contributed by atoms with E-state index in [0.29, 0.717) is 27.9 Å². The first-order valence-electron chi connectivity index (χ1n) is 10.3. The molecule has 2 aromatic carbocycles. The number of ether oxygens (including phenoxy) is 1. The van der Waals surface area contributed by atoms with Crippen molar-refractivity contribution in [2.45, 2.75) is 13.0 Å². The van der Waals surface area contributed by atoms with Crippen LogP contribution in [-0.2, 0) is 20.0 Å². The third-order valence-electron chi connectivity index (χ3n) is 5.55. The van der Waals surface area contributed by atoms with E-state index in [1.165, 1.54) is 35.9 Å². The lowest BCUT2D eigenvalue weighted by atomic mass is 10.0. The van der Waals surface area contributed by atoms with Crippen LogP contribution < -0.4 is 15.6 Å². The summed E-state index contributed by atoms with van der Waals surface area (Å²) < 4.78 is 19.9. The normalized spacial score (nSPS) is 10.9. The Morgan fingerprint density at radius 1 is 1.18 bits per heavy atom. The lowest BCUT2D eigenvalue weighted by Gasteiger charge is -2.13. The first-order valence-corrected chi connectivity index (χ1v) is 10.7. The fourth-order valence-electron chi connectivity index (χ4n) is 3.67. The van der Waals surface area contributed by atoms with Crippen molar-refractivity contribution >= 4 is 28.4 Å². The molecule has 0 aliphatic heterocycles. The largest absolute Gasteiger partial charge is 0.507 e. The first kappa shape index (κ1) is 23.3. The lowest BCUT2D eigenvalue weighted by molar-refractivity contribution is 0.0951. The van der Waals surface area contributed by atoms with Gasteiger partial charge in [0.2, 0.25) is 5.88 Å². The summed E-state index contributed by atoms with van der Waals surface area (Å²) in [6.45, 7) is 0.254. The number of methoxy groups -OCH3 is 1. The number of hydrogen-bond acceptors (Lipinski definition) is 5. The number of aromatic hydroxyl groups is 1. The van der Waals surface area contributed by atoms with Gasteiger partial charge < -0.3 is 19.7 Å². The molecule has 0 spiro atoms. The van der Waals surface area contributed by atoms with E-state index in [4.69, 9.17) is 16.3 Å². The summed E-state index contributed by atoms with van der Waals surface area (Å²) in [7, 11) is 3.11. The van der Waals surface area contributed by atoms with Gasteiger partial charge in [-0.25, -0.2) is 9.37 Å². The molecule has 0 aliphatic rings. The number of amides is 1. The number of carbonyl (C=O) groups is 1. The van der Waals surface area contributed by atoms with E-state index in [1.54, 1.807) is 37.5 Å². The average molecular weight is 482 g/mol. The fraction of sp³-hybridized carbons (Fsp3) is 0.160. The van der Waals surface area contributed by atoms with Gasteiger partial charge in [0.1, 0.15) is 11.6 Å². The Morgan fingerprint density at radius 3 is 2.62 bits per heavy atom. The van der Waals surface area contributed by atoms with Crippen LogP contribution in [0.4, 0.5) is 4.39 Å². The highest BCUT2D eigenvalue weighted by Crippen LogP contribution is 2.29. The van der Waals surface area contributed by atoms with Crippen LogP contribution in [0.3, 0.4) is 0 Å². The highest BCUT2D eigenvalue weighted by atomic mass is 35.5. The maximum absolute atomic E-state index is 13.5. The predicted molar refractivity (Wildman–Crippen MR) is 127 cm³/mol. The monoisotopic (exact) mass is 481 g/mol. The number of carbonyl (C=O) groups excluding carboxylic acids is 1. The SMILES string of the molecule is COc1ccc(CNC(=O)c2ccc3c(c2)c(O)c(Cc2ccc(F)c(Cl)c2)c(=O)n3C)cn1. The molecule has 4 rings (SSSR count). The van der Waals surface area contributed by atoms with Crippen LogP contribution >= 0.6 is 11.6 Å². The van der Waals surface area contributed by atoms with E-state index in [2.05, 4.69) is 10.3 Å². The van der Waals surface area contributed by atoms with Crippen LogP contribution in [0.25, 0.3) is 10.9 Å². The number of aromatic nitrogens is 2. The second kappa shape index (κ2) is 9.52. The molecule has 0 bridgehead atoms. The molecule has 2 heterocycles. The van der Waals surface area contributed by atoms with Crippen molar-refractivity contribution in [3.8, 4) is 11.6 Å². The van der Waals surface area contributed by atoms with Crippen molar-refractivity contribution in [3.05, 3.63) is 98.2 Å². The Hall–Kier alpha value is -3.91. The predicted octanol–water partition coefficient (Wildman–Crippen LogP) is 3.96. The molecule has 0 saturated carbocycles. The minimum absolute atomic E-state index is 0.0509. The van der Waals surface area contributed by atoms with E-state index >= 15 is 0 Å². The van der Waals surface area contributed by atoms with Gasteiger partial charge in [-0.2, -0.15) is 0 Å². The number of pyridine rings is 2. The highest BCUT2D eigenvalue weighted by Gasteiger charge is 2.17. The average Bonchev–Trinajstić information content (AvgIpc) is 2.85. The van der Waals surface area contributed by atoms with E-state index in [-0.39, 0.29) is 35.2 Å². The molecule has 2 aromatic heterocycles. The van der Waals surface area contributed by atoms with Gasteiger partial charge in [-0.3, -0.25) is 9.59 Å². The zero-order chi connectivity index (χ0) is 24.4. The summed E-state index contributed by atoms with van der Waals surface area (Å²) in [5.74, 6) is -0.670. The van der Waals surface area contributed by atoms with Crippen molar-refractivity contribution in [1.82, 2.24) is 14.9 Å². The standard InChI is InChI=1S/C25H21ClFN3O4/c1-30-21-7-5-16(24(32)29-13-15-4-8-22(34-2)28-12-15)11-17(21)23(31)18(25(30)33)9-14-3-6-20(27)19(26)10-14/h3-8,10-12,31H,9,13H2,1-2H3,(H,29,32). The Kier molecular flexibility index (Phi) is 6.51. The van der Waals surface area contributed by atoms with Crippen LogP contribution in [-0.4, -0.2) is 27.7 Å².